The van der Waals surface area contributed by atoms with Crippen LogP contribution in [0.3, 0.4) is 0 Å². The van der Waals surface area contributed by atoms with E-state index < -0.39 is 22.5 Å². The van der Waals surface area contributed by atoms with E-state index in [-0.39, 0.29) is 13.1 Å². The topological polar surface area (TPSA) is 130 Å². The van der Waals surface area contributed by atoms with Crippen LogP contribution in [0, 0.1) is 0 Å². The van der Waals surface area contributed by atoms with Crippen LogP contribution >= 0.6 is 0 Å². The van der Waals surface area contributed by atoms with Gasteiger partial charge < -0.3 is 10.2 Å². The fourth-order valence-electron chi connectivity index (χ4n) is 2.42. The van der Waals surface area contributed by atoms with E-state index >= 15 is 0 Å². The van der Waals surface area contributed by atoms with Crippen molar-refractivity contribution in [2.75, 3.05) is 20.1 Å². The van der Waals surface area contributed by atoms with E-state index in [0.717, 1.165) is 5.69 Å². The first-order chi connectivity index (χ1) is 10.4. The van der Waals surface area contributed by atoms with Gasteiger partial charge in [-0.05, 0) is 13.1 Å². The van der Waals surface area contributed by atoms with Crippen molar-refractivity contribution in [2.45, 2.75) is 12.6 Å². The summed E-state index contributed by atoms with van der Waals surface area (Å²) in [7, 11) is -2.97. The molecule has 1 unspecified atom stereocenters. The molecule has 0 aromatic carbocycles. The van der Waals surface area contributed by atoms with Crippen molar-refractivity contribution >= 4 is 22.1 Å². The average molecular weight is 330 g/mol. The number of hydrogen-bond acceptors (Lipinski definition) is 7. The SMILES string of the molecule is CNCc1cn(C2=CC3CN(C2)C(=O)N3OS(=O)(=O)O)nn1. The predicted octanol–water partition coefficient (Wildman–Crippen LogP) is -1.31. The predicted molar refractivity (Wildman–Crippen MR) is 72.3 cm³/mol. The van der Waals surface area contributed by atoms with Gasteiger partial charge in [-0.2, -0.15) is 13.5 Å². The normalized spacial score (nSPS) is 21.5. The molecule has 0 aliphatic carbocycles. The minimum Gasteiger partial charge on any atom is -0.314 e. The minimum absolute atomic E-state index is 0.239. The monoisotopic (exact) mass is 330 g/mol. The summed E-state index contributed by atoms with van der Waals surface area (Å²) in [6.45, 7) is 1.07. The standard InChI is InChI=1S/C10H14N6O5S/c1-11-3-7-4-15(13-12-7)8-2-9-6-14(5-8)10(17)16(9)21-22(18,19)20/h2,4,9,11H,3,5-6H2,1H3,(H,18,19,20). The maximum atomic E-state index is 12.0. The molecule has 3 heterocycles. The third kappa shape index (κ3) is 2.81. The molecule has 1 aromatic rings. The quantitative estimate of drug-likeness (QED) is 0.637. The summed E-state index contributed by atoms with van der Waals surface area (Å²) in [5.74, 6) is 0. The highest BCUT2D eigenvalue weighted by molar-refractivity contribution is 7.80. The first-order valence-corrected chi connectivity index (χ1v) is 7.76. The maximum absolute atomic E-state index is 12.0. The zero-order valence-corrected chi connectivity index (χ0v) is 12.4. The van der Waals surface area contributed by atoms with Crippen molar-refractivity contribution < 1.29 is 22.0 Å². The summed E-state index contributed by atoms with van der Waals surface area (Å²) in [4.78, 5) is 13.4. The van der Waals surface area contributed by atoms with E-state index in [0.29, 0.717) is 17.3 Å². The number of amides is 2. The molecule has 2 amide bonds. The Morgan fingerprint density at radius 1 is 1.55 bits per heavy atom. The molecular formula is C10H14N6O5S. The number of nitrogens with one attached hydrogen (secondary N) is 1. The van der Waals surface area contributed by atoms with Crippen molar-refractivity contribution in [1.82, 2.24) is 30.3 Å². The third-order valence-corrected chi connectivity index (χ3v) is 3.62. The van der Waals surface area contributed by atoms with Crippen molar-refractivity contribution in [3.8, 4) is 0 Å². The summed E-state index contributed by atoms with van der Waals surface area (Å²) < 4.78 is 36.2. The molecule has 0 spiro atoms. The van der Waals surface area contributed by atoms with Crippen LogP contribution in [0.15, 0.2) is 12.3 Å². The molecule has 2 aliphatic heterocycles. The van der Waals surface area contributed by atoms with Crippen LogP contribution in [0.25, 0.3) is 5.70 Å². The molecule has 1 atom stereocenters. The molecule has 0 saturated carbocycles. The largest absolute Gasteiger partial charge is 0.418 e. The molecule has 1 fully saturated rings. The highest BCUT2D eigenvalue weighted by atomic mass is 32.3. The summed E-state index contributed by atoms with van der Waals surface area (Å²) >= 11 is 0. The molecule has 2 aliphatic rings. The minimum atomic E-state index is -4.76. The van der Waals surface area contributed by atoms with Crippen LogP contribution in [-0.2, 0) is 21.2 Å². The lowest BCUT2D eigenvalue weighted by atomic mass is 10.2. The molecule has 2 N–H and O–H groups in total. The van der Waals surface area contributed by atoms with Crippen molar-refractivity contribution in [3.63, 3.8) is 0 Å². The van der Waals surface area contributed by atoms with Crippen LogP contribution in [0.2, 0.25) is 0 Å². The van der Waals surface area contributed by atoms with Crippen LogP contribution in [0.5, 0.6) is 0 Å². The molecule has 1 saturated heterocycles. The Morgan fingerprint density at radius 3 is 3.00 bits per heavy atom. The second-order valence-corrected chi connectivity index (χ2v) is 5.91. The highest BCUT2D eigenvalue weighted by Crippen LogP contribution is 2.27. The number of aromatic nitrogens is 3. The molecule has 0 radical (unpaired) electrons. The molecule has 120 valence electrons. The second-order valence-electron chi connectivity index (χ2n) is 4.90. The van der Waals surface area contributed by atoms with Gasteiger partial charge >= 0.3 is 16.4 Å². The molecular weight excluding hydrogens is 316 g/mol. The van der Waals surface area contributed by atoms with Crippen LogP contribution in [0.4, 0.5) is 4.79 Å². The van der Waals surface area contributed by atoms with E-state index in [9.17, 15) is 13.2 Å². The Kier molecular flexibility index (Phi) is 3.60. The maximum Gasteiger partial charge on any atom is 0.418 e. The average Bonchev–Trinajstić information content (AvgIpc) is 2.98. The highest BCUT2D eigenvalue weighted by Gasteiger charge is 2.43. The molecule has 11 nitrogen and oxygen atoms in total. The van der Waals surface area contributed by atoms with Crippen LogP contribution in [0.1, 0.15) is 5.69 Å². The van der Waals surface area contributed by atoms with Gasteiger partial charge in [0.05, 0.1) is 24.1 Å². The molecule has 22 heavy (non-hydrogen) atoms. The number of carbonyl (C=O) groups is 1. The molecule has 1 aromatic heterocycles. The first-order valence-electron chi connectivity index (χ1n) is 6.39. The fraction of sp³-hybridized carbons (Fsp3) is 0.500. The molecule has 2 bridgehead atoms. The Balaban J connectivity index is 1.84. The van der Waals surface area contributed by atoms with Gasteiger partial charge in [-0.15, -0.1) is 9.38 Å². The van der Waals surface area contributed by atoms with E-state index in [1.807, 2.05) is 0 Å². The number of hydrogen-bond donors (Lipinski definition) is 2. The van der Waals surface area contributed by atoms with Gasteiger partial charge in [-0.1, -0.05) is 5.21 Å². The number of urea groups is 1. The zero-order chi connectivity index (χ0) is 15.9. The first kappa shape index (κ1) is 14.9. The number of hydroxylamine groups is 2. The van der Waals surface area contributed by atoms with E-state index in [4.69, 9.17) is 4.55 Å². The van der Waals surface area contributed by atoms with Crippen molar-refractivity contribution in [3.05, 3.63) is 18.0 Å². The fourth-order valence-corrected chi connectivity index (χ4v) is 2.80. The molecule has 3 rings (SSSR count). The lowest BCUT2D eigenvalue weighted by molar-refractivity contribution is -0.0183. The van der Waals surface area contributed by atoms with Gasteiger partial charge in [0.2, 0.25) is 0 Å². The second kappa shape index (κ2) is 5.31. The zero-order valence-electron chi connectivity index (χ0n) is 11.6. The number of fused-ring (bicyclic) bond motifs is 2. The lowest BCUT2D eigenvalue weighted by Gasteiger charge is -2.20. The Bertz CT molecular complexity index is 728. The summed E-state index contributed by atoms with van der Waals surface area (Å²) in [5, 5.41) is 11.5. The summed E-state index contributed by atoms with van der Waals surface area (Å²) in [6, 6.07) is -1.26. The van der Waals surface area contributed by atoms with E-state index in [1.165, 1.54) is 9.58 Å². The third-order valence-electron chi connectivity index (χ3n) is 3.27. The van der Waals surface area contributed by atoms with Gasteiger partial charge in [0.25, 0.3) is 0 Å². The van der Waals surface area contributed by atoms with Gasteiger partial charge in [0.1, 0.15) is 6.04 Å². The number of rotatable bonds is 5. The van der Waals surface area contributed by atoms with Gasteiger partial charge in [-0.25, -0.2) is 9.48 Å². The van der Waals surface area contributed by atoms with E-state index in [1.54, 1.807) is 19.3 Å². The summed E-state index contributed by atoms with van der Waals surface area (Å²) in [5.41, 5.74) is 1.40. The van der Waals surface area contributed by atoms with E-state index in [2.05, 4.69) is 19.9 Å². The number of carbonyl (C=O) groups excluding carboxylic acids is 1. The molecule has 12 heteroatoms. The Morgan fingerprint density at radius 2 is 2.32 bits per heavy atom. The van der Waals surface area contributed by atoms with Crippen molar-refractivity contribution in [2.24, 2.45) is 0 Å². The lowest BCUT2D eigenvalue weighted by Crippen LogP contribution is -2.35. The van der Waals surface area contributed by atoms with Gasteiger partial charge in [0.15, 0.2) is 0 Å². The Hall–Kier alpha value is -2.02. The van der Waals surface area contributed by atoms with Gasteiger partial charge in [-0.3, -0.25) is 4.55 Å². The Labute approximate surface area is 126 Å². The van der Waals surface area contributed by atoms with Gasteiger partial charge in [0, 0.05) is 13.1 Å². The summed E-state index contributed by atoms with van der Waals surface area (Å²) in [6.07, 6.45) is 3.37. The number of nitrogens with zero attached hydrogens (tertiary/aromatic N) is 5. The van der Waals surface area contributed by atoms with Crippen LogP contribution in [-0.4, -0.2) is 70.1 Å². The smallest absolute Gasteiger partial charge is 0.314 e. The van der Waals surface area contributed by atoms with Crippen molar-refractivity contribution in [1.29, 1.82) is 0 Å². The van der Waals surface area contributed by atoms with Crippen LogP contribution < -0.4 is 5.32 Å².